The molecular weight excluding hydrogens is 208 g/mol. The molecule has 2 heteroatoms. The summed E-state index contributed by atoms with van der Waals surface area (Å²) in [6.07, 6.45) is 2.37. The summed E-state index contributed by atoms with van der Waals surface area (Å²) in [4.78, 5) is 2.40. The Morgan fingerprint density at radius 3 is 2.35 bits per heavy atom. The Morgan fingerprint density at radius 2 is 1.82 bits per heavy atom. The van der Waals surface area contributed by atoms with Crippen LogP contribution in [0.2, 0.25) is 0 Å². The average Bonchev–Trinajstić information content (AvgIpc) is 2.28. The van der Waals surface area contributed by atoms with Crippen molar-refractivity contribution in [3.05, 3.63) is 29.8 Å². The zero-order valence-corrected chi connectivity index (χ0v) is 11.2. The third-order valence-electron chi connectivity index (χ3n) is 3.56. The van der Waals surface area contributed by atoms with Crippen molar-refractivity contribution in [1.82, 2.24) is 0 Å². The maximum absolute atomic E-state index is 6.02. The summed E-state index contributed by atoms with van der Waals surface area (Å²) in [6, 6.07) is 9.30. The molecule has 1 aromatic carbocycles. The molecule has 17 heavy (non-hydrogen) atoms. The molecule has 94 valence electrons. The molecule has 0 aromatic heterocycles. The van der Waals surface area contributed by atoms with Gasteiger partial charge in [0.05, 0.1) is 0 Å². The van der Waals surface area contributed by atoms with Gasteiger partial charge in [0, 0.05) is 24.8 Å². The van der Waals surface area contributed by atoms with E-state index in [4.69, 9.17) is 5.73 Å². The predicted octanol–water partition coefficient (Wildman–Crippen LogP) is 2.91. The Hall–Kier alpha value is -1.02. The highest BCUT2D eigenvalue weighted by Crippen LogP contribution is 2.26. The second-order valence-corrected chi connectivity index (χ2v) is 6.15. The molecule has 0 bridgehead atoms. The maximum atomic E-state index is 6.02. The van der Waals surface area contributed by atoms with Gasteiger partial charge in [-0.1, -0.05) is 32.9 Å². The summed E-state index contributed by atoms with van der Waals surface area (Å²) >= 11 is 0. The van der Waals surface area contributed by atoms with Gasteiger partial charge in [0.25, 0.3) is 0 Å². The lowest BCUT2D eigenvalue weighted by Gasteiger charge is -2.33. The van der Waals surface area contributed by atoms with E-state index in [0.29, 0.717) is 6.04 Å². The van der Waals surface area contributed by atoms with Crippen molar-refractivity contribution >= 4 is 5.69 Å². The first kappa shape index (κ1) is 12.4. The summed E-state index contributed by atoms with van der Waals surface area (Å²) in [6.45, 7) is 8.88. The summed E-state index contributed by atoms with van der Waals surface area (Å²) < 4.78 is 0. The monoisotopic (exact) mass is 232 g/mol. The van der Waals surface area contributed by atoms with E-state index >= 15 is 0 Å². The lowest BCUT2D eigenvalue weighted by molar-refractivity contribution is 0.506. The van der Waals surface area contributed by atoms with Gasteiger partial charge in [-0.3, -0.25) is 0 Å². The lowest BCUT2D eigenvalue weighted by Crippen LogP contribution is -2.42. The Labute approximate surface area is 105 Å². The molecule has 2 rings (SSSR count). The van der Waals surface area contributed by atoms with E-state index in [1.54, 1.807) is 0 Å². The third kappa shape index (κ3) is 3.01. The Kier molecular flexibility index (Phi) is 3.43. The zero-order valence-electron chi connectivity index (χ0n) is 11.2. The van der Waals surface area contributed by atoms with Gasteiger partial charge < -0.3 is 10.6 Å². The molecule has 1 fully saturated rings. The van der Waals surface area contributed by atoms with Gasteiger partial charge >= 0.3 is 0 Å². The molecule has 1 unspecified atom stereocenters. The summed E-state index contributed by atoms with van der Waals surface area (Å²) in [5, 5.41) is 0. The van der Waals surface area contributed by atoms with Crippen molar-refractivity contribution in [3.63, 3.8) is 0 Å². The van der Waals surface area contributed by atoms with Crippen molar-refractivity contribution in [2.45, 2.75) is 45.1 Å². The quantitative estimate of drug-likeness (QED) is 0.806. The maximum Gasteiger partial charge on any atom is 0.0366 e. The molecule has 2 nitrogen and oxygen atoms in total. The first-order chi connectivity index (χ1) is 7.97. The van der Waals surface area contributed by atoms with Gasteiger partial charge in [-0.25, -0.2) is 0 Å². The van der Waals surface area contributed by atoms with E-state index in [9.17, 15) is 0 Å². The molecule has 0 amide bonds. The Balaban J connectivity index is 2.12. The molecule has 1 aromatic rings. The number of piperidine rings is 1. The number of rotatable bonds is 1. The molecule has 1 atom stereocenters. The van der Waals surface area contributed by atoms with Crippen LogP contribution in [0.15, 0.2) is 24.3 Å². The molecule has 1 heterocycles. The van der Waals surface area contributed by atoms with Gasteiger partial charge in [0.1, 0.15) is 0 Å². The van der Waals surface area contributed by atoms with Gasteiger partial charge in [0.15, 0.2) is 0 Å². The van der Waals surface area contributed by atoms with Crippen LogP contribution in [0, 0.1) is 0 Å². The first-order valence-corrected chi connectivity index (χ1v) is 6.58. The van der Waals surface area contributed by atoms with Gasteiger partial charge in [0.2, 0.25) is 0 Å². The van der Waals surface area contributed by atoms with Crippen LogP contribution in [0.5, 0.6) is 0 Å². The smallest absolute Gasteiger partial charge is 0.0366 e. The van der Waals surface area contributed by atoms with Crippen molar-refractivity contribution in [2.24, 2.45) is 5.73 Å². The van der Waals surface area contributed by atoms with Gasteiger partial charge in [-0.15, -0.1) is 0 Å². The summed E-state index contributed by atoms with van der Waals surface area (Å²) in [7, 11) is 0. The number of nitrogens with two attached hydrogens (primary N) is 1. The van der Waals surface area contributed by atoms with E-state index < -0.39 is 0 Å². The van der Waals surface area contributed by atoms with Crippen LogP contribution < -0.4 is 10.6 Å². The normalized spacial score (nSPS) is 21.6. The van der Waals surface area contributed by atoms with Gasteiger partial charge in [-0.2, -0.15) is 0 Å². The fourth-order valence-corrected chi connectivity index (χ4v) is 2.42. The fourth-order valence-electron chi connectivity index (χ4n) is 2.42. The predicted molar refractivity (Wildman–Crippen MR) is 74.6 cm³/mol. The number of hydrogen-bond acceptors (Lipinski definition) is 2. The van der Waals surface area contributed by atoms with Crippen LogP contribution in [0.4, 0.5) is 5.69 Å². The fraction of sp³-hybridized carbons (Fsp3) is 0.600. The second-order valence-electron chi connectivity index (χ2n) is 6.15. The first-order valence-electron chi connectivity index (χ1n) is 6.58. The number of nitrogens with zero attached hydrogens (tertiary/aromatic N) is 1. The molecule has 1 aliphatic rings. The van der Waals surface area contributed by atoms with Crippen molar-refractivity contribution < 1.29 is 0 Å². The highest BCUT2D eigenvalue weighted by atomic mass is 15.1. The van der Waals surface area contributed by atoms with E-state index in [-0.39, 0.29) is 5.41 Å². The molecule has 0 radical (unpaired) electrons. The van der Waals surface area contributed by atoms with Crippen LogP contribution >= 0.6 is 0 Å². The number of anilines is 1. The van der Waals surface area contributed by atoms with Crippen molar-refractivity contribution in [2.75, 3.05) is 18.0 Å². The highest BCUT2D eigenvalue weighted by Gasteiger charge is 2.18. The molecule has 2 N–H and O–H groups in total. The summed E-state index contributed by atoms with van der Waals surface area (Å²) in [5.41, 5.74) is 8.96. The zero-order chi connectivity index (χ0) is 12.5. The molecule has 0 spiro atoms. The highest BCUT2D eigenvalue weighted by molar-refractivity contribution is 5.49. The molecule has 0 saturated carbocycles. The minimum absolute atomic E-state index is 0.233. The van der Waals surface area contributed by atoms with Crippen molar-refractivity contribution in [1.29, 1.82) is 0 Å². The van der Waals surface area contributed by atoms with Crippen LogP contribution in [-0.2, 0) is 5.41 Å². The summed E-state index contributed by atoms with van der Waals surface area (Å²) in [5.74, 6) is 0. The Morgan fingerprint density at radius 1 is 1.18 bits per heavy atom. The molecule has 1 saturated heterocycles. The molecular formula is C15H24N2. The standard InChI is InChI=1S/C15H24N2/c1-15(2,3)12-6-8-14(9-7-12)17-10-4-5-13(16)11-17/h6-9,13H,4-5,10-11,16H2,1-3H3. The van der Waals surface area contributed by atoms with Crippen LogP contribution in [0.3, 0.4) is 0 Å². The minimum Gasteiger partial charge on any atom is -0.370 e. The van der Waals surface area contributed by atoms with Crippen LogP contribution in [0.25, 0.3) is 0 Å². The van der Waals surface area contributed by atoms with E-state index in [1.165, 1.54) is 17.7 Å². The van der Waals surface area contributed by atoms with E-state index in [2.05, 4.69) is 49.9 Å². The molecule has 1 aliphatic heterocycles. The molecule has 0 aliphatic carbocycles. The average molecular weight is 232 g/mol. The number of benzene rings is 1. The number of hydrogen-bond donors (Lipinski definition) is 1. The van der Waals surface area contributed by atoms with Gasteiger partial charge in [-0.05, 0) is 36.0 Å². The third-order valence-corrected chi connectivity index (χ3v) is 3.56. The Bertz CT molecular complexity index is 362. The van der Waals surface area contributed by atoms with Crippen molar-refractivity contribution in [3.8, 4) is 0 Å². The van der Waals surface area contributed by atoms with E-state index in [0.717, 1.165) is 19.5 Å². The topological polar surface area (TPSA) is 29.3 Å². The minimum atomic E-state index is 0.233. The SMILES string of the molecule is CC(C)(C)c1ccc(N2CCCC(N)C2)cc1. The van der Waals surface area contributed by atoms with Crippen LogP contribution in [-0.4, -0.2) is 19.1 Å². The second kappa shape index (κ2) is 4.69. The van der Waals surface area contributed by atoms with Crippen LogP contribution in [0.1, 0.15) is 39.2 Å². The largest absolute Gasteiger partial charge is 0.370 e. The van der Waals surface area contributed by atoms with E-state index in [1.807, 2.05) is 0 Å². The lowest BCUT2D eigenvalue weighted by atomic mass is 9.87.